The van der Waals surface area contributed by atoms with Gasteiger partial charge in [-0.3, -0.25) is 19.2 Å². The summed E-state index contributed by atoms with van der Waals surface area (Å²) in [6, 6.07) is 0. The number of aromatic nitrogens is 4. The highest BCUT2D eigenvalue weighted by Crippen LogP contribution is 2.18. The average molecular weight is 305 g/mol. The van der Waals surface area contributed by atoms with Gasteiger partial charge >= 0.3 is 5.69 Å². The summed E-state index contributed by atoms with van der Waals surface area (Å²) in [5.74, 6) is 1.60. The second-order valence-corrected chi connectivity index (χ2v) is 6.39. The van der Waals surface area contributed by atoms with Gasteiger partial charge in [0.25, 0.3) is 5.56 Å². The monoisotopic (exact) mass is 305 g/mol. The van der Waals surface area contributed by atoms with Crippen LogP contribution in [0.15, 0.2) is 9.59 Å². The largest absolute Gasteiger partial charge is 0.329 e. The minimum Gasteiger partial charge on any atom is -0.324 e. The number of hydrogen-bond donors (Lipinski definition) is 1. The van der Waals surface area contributed by atoms with Gasteiger partial charge in [-0.1, -0.05) is 6.92 Å². The lowest BCUT2D eigenvalue weighted by Gasteiger charge is -2.19. The van der Waals surface area contributed by atoms with E-state index >= 15 is 0 Å². The number of imidazole rings is 1. The number of aryl methyl sites for hydroxylation is 2. The molecule has 0 amide bonds. The molecule has 0 aliphatic carbocycles. The Morgan fingerprint density at radius 1 is 1.18 bits per heavy atom. The lowest BCUT2D eigenvalue weighted by Crippen LogP contribution is -2.29. The smallest absolute Gasteiger partial charge is 0.324 e. The van der Waals surface area contributed by atoms with Crippen LogP contribution in [0.2, 0.25) is 0 Å². The van der Waals surface area contributed by atoms with Crippen LogP contribution in [0, 0.1) is 5.92 Å². The topological polar surface area (TPSA) is 75.9 Å². The summed E-state index contributed by atoms with van der Waals surface area (Å²) in [6.07, 6.45) is 3.67. The Morgan fingerprint density at radius 3 is 2.73 bits per heavy atom. The number of H-pyrrole nitrogens is 1. The first-order chi connectivity index (χ1) is 10.5. The van der Waals surface area contributed by atoms with Crippen LogP contribution >= 0.6 is 0 Å². The molecule has 7 nitrogen and oxygen atoms in total. The molecule has 120 valence electrons. The third kappa shape index (κ3) is 2.61. The molecule has 3 rings (SSSR count). The van der Waals surface area contributed by atoms with Gasteiger partial charge in [-0.2, -0.15) is 0 Å². The van der Waals surface area contributed by atoms with Crippen molar-refractivity contribution in [2.75, 3.05) is 13.1 Å². The fourth-order valence-electron chi connectivity index (χ4n) is 3.18. The van der Waals surface area contributed by atoms with Crippen molar-refractivity contribution in [2.24, 2.45) is 20.0 Å². The van der Waals surface area contributed by atoms with Crippen LogP contribution in [0.3, 0.4) is 0 Å². The van der Waals surface area contributed by atoms with Crippen molar-refractivity contribution >= 4 is 11.2 Å². The second-order valence-electron chi connectivity index (χ2n) is 6.39. The van der Waals surface area contributed by atoms with Crippen LogP contribution in [0.1, 0.15) is 32.0 Å². The van der Waals surface area contributed by atoms with E-state index in [0.29, 0.717) is 17.7 Å². The lowest BCUT2D eigenvalue weighted by molar-refractivity contribution is 0.264. The van der Waals surface area contributed by atoms with E-state index in [9.17, 15) is 9.59 Å². The van der Waals surface area contributed by atoms with E-state index in [2.05, 4.69) is 21.8 Å². The van der Waals surface area contributed by atoms with Crippen molar-refractivity contribution in [1.29, 1.82) is 0 Å². The van der Waals surface area contributed by atoms with E-state index in [1.54, 1.807) is 7.05 Å². The highest BCUT2D eigenvalue weighted by Gasteiger charge is 2.19. The summed E-state index contributed by atoms with van der Waals surface area (Å²) >= 11 is 0. The van der Waals surface area contributed by atoms with Crippen molar-refractivity contribution < 1.29 is 0 Å². The minimum atomic E-state index is -0.425. The van der Waals surface area contributed by atoms with Crippen molar-refractivity contribution in [2.45, 2.75) is 32.7 Å². The molecule has 0 spiro atoms. The van der Waals surface area contributed by atoms with Gasteiger partial charge in [0.2, 0.25) is 0 Å². The molecule has 0 radical (unpaired) electrons. The molecule has 7 heteroatoms. The summed E-state index contributed by atoms with van der Waals surface area (Å²) in [7, 11) is 3.47. The predicted molar refractivity (Wildman–Crippen MR) is 84.9 cm³/mol. The maximum atomic E-state index is 12.0. The molecule has 1 saturated heterocycles. The van der Waals surface area contributed by atoms with E-state index in [0.717, 1.165) is 24.8 Å². The molecule has 0 bridgehead atoms. The molecule has 3 heterocycles. The van der Waals surface area contributed by atoms with Gasteiger partial charge < -0.3 is 4.57 Å². The Labute approximate surface area is 128 Å². The highest BCUT2D eigenvalue weighted by atomic mass is 16.2. The number of fused-ring (bicyclic) bond motifs is 1. The van der Waals surface area contributed by atoms with Gasteiger partial charge in [0.05, 0.1) is 6.54 Å². The first-order valence-corrected chi connectivity index (χ1v) is 7.84. The lowest BCUT2D eigenvalue weighted by atomic mass is 10.0. The number of likely N-dealkylation sites (tertiary alicyclic amines) is 1. The van der Waals surface area contributed by atoms with Crippen LogP contribution in [0.5, 0.6) is 0 Å². The molecule has 2 aromatic heterocycles. The van der Waals surface area contributed by atoms with Crippen LogP contribution < -0.4 is 11.2 Å². The summed E-state index contributed by atoms with van der Waals surface area (Å²) < 4.78 is 3.20. The molecule has 1 aliphatic heterocycles. The first-order valence-electron chi connectivity index (χ1n) is 7.84. The predicted octanol–water partition coefficient (Wildman–Crippen LogP) is 0.582. The minimum absolute atomic E-state index is 0.371. The Kier molecular flexibility index (Phi) is 3.90. The zero-order valence-corrected chi connectivity index (χ0v) is 13.4. The Bertz CT molecular complexity index is 801. The summed E-state index contributed by atoms with van der Waals surface area (Å²) in [5, 5.41) is 0. The molecule has 1 atom stereocenters. The van der Waals surface area contributed by atoms with Crippen molar-refractivity contribution in [3.05, 3.63) is 26.7 Å². The summed E-state index contributed by atoms with van der Waals surface area (Å²) in [6.45, 7) is 5.13. The SMILES string of the molecule is CC1CCCN(Cc2nc3c(c(=O)[nH]c(=O)n3C)n2C)CC1. The van der Waals surface area contributed by atoms with Gasteiger partial charge in [-0.15, -0.1) is 0 Å². The normalized spacial score (nSPS) is 20.4. The highest BCUT2D eigenvalue weighted by molar-refractivity contribution is 5.70. The fourth-order valence-corrected chi connectivity index (χ4v) is 3.18. The van der Waals surface area contributed by atoms with Crippen molar-refractivity contribution in [3.8, 4) is 0 Å². The zero-order valence-electron chi connectivity index (χ0n) is 13.4. The van der Waals surface area contributed by atoms with Crippen LogP contribution in [0.4, 0.5) is 0 Å². The van der Waals surface area contributed by atoms with Crippen LogP contribution in [-0.2, 0) is 20.6 Å². The molecule has 1 fully saturated rings. The van der Waals surface area contributed by atoms with E-state index in [1.165, 1.54) is 23.8 Å². The Hall–Kier alpha value is -1.89. The van der Waals surface area contributed by atoms with Gasteiger partial charge in [-0.25, -0.2) is 9.78 Å². The molecule has 2 aromatic rings. The van der Waals surface area contributed by atoms with E-state index in [-0.39, 0.29) is 5.56 Å². The molecular weight excluding hydrogens is 282 g/mol. The molecule has 1 unspecified atom stereocenters. The number of nitrogens with one attached hydrogen (secondary N) is 1. The third-order valence-electron chi connectivity index (χ3n) is 4.70. The molecule has 1 N–H and O–H groups in total. The van der Waals surface area contributed by atoms with Gasteiger partial charge in [-0.05, 0) is 38.3 Å². The maximum Gasteiger partial charge on any atom is 0.329 e. The summed E-state index contributed by atoms with van der Waals surface area (Å²) in [4.78, 5) is 33.0. The summed E-state index contributed by atoms with van der Waals surface area (Å²) in [5.41, 5.74) is 0.115. The molecule has 0 saturated carbocycles. The second kappa shape index (κ2) is 5.72. The van der Waals surface area contributed by atoms with Crippen LogP contribution in [-0.4, -0.2) is 37.1 Å². The number of aromatic amines is 1. The molecule has 22 heavy (non-hydrogen) atoms. The van der Waals surface area contributed by atoms with Gasteiger partial charge in [0.15, 0.2) is 11.2 Å². The fraction of sp³-hybridized carbons (Fsp3) is 0.667. The van der Waals surface area contributed by atoms with Gasteiger partial charge in [0.1, 0.15) is 5.82 Å². The van der Waals surface area contributed by atoms with Crippen LogP contribution in [0.25, 0.3) is 11.2 Å². The number of nitrogens with zero attached hydrogens (tertiary/aromatic N) is 4. The first kappa shape index (κ1) is 15.0. The molecular formula is C15H23N5O2. The molecule has 0 aromatic carbocycles. The Balaban J connectivity index is 1.96. The third-order valence-corrected chi connectivity index (χ3v) is 4.70. The molecule has 1 aliphatic rings. The van der Waals surface area contributed by atoms with Crippen molar-refractivity contribution in [1.82, 2.24) is 24.0 Å². The van der Waals surface area contributed by atoms with E-state index < -0.39 is 5.69 Å². The number of hydrogen-bond acceptors (Lipinski definition) is 4. The number of rotatable bonds is 2. The van der Waals surface area contributed by atoms with Crippen molar-refractivity contribution in [3.63, 3.8) is 0 Å². The zero-order chi connectivity index (χ0) is 15.9. The maximum absolute atomic E-state index is 12.0. The standard InChI is InChI=1S/C15H23N5O2/c1-10-5-4-7-20(8-6-10)9-11-16-13-12(18(11)2)14(21)17-15(22)19(13)3/h10H,4-9H2,1-3H3,(H,17,21,22). The Morgan fingerprint density at radius 2 is 1.95 bits per heavy atom. The van der Waals surface area contributed by atoms with E-state index in [1.807, 2.05) is 11.6 Å². The van der Waals surface area contributed by atoms with Gasteiger partial charge in [0, 0.05) is 14.1 Å². The van der Waals surface area contributed by atoms with E-state index in [4.69, 9.17) is 0 Å². The average Bonchev–Trinajstić information content (AvgIpc) is 2.65. The quantitative estimate of drug-likeness (QED) is 0.881.